The van der Waals surface area contributed by atoms with E-state index in [1.165, 1.54) is 35.2 Å². The summed E-state index contributed by atoms with van der Waals surface area (Å²) in [7, 11) is -3.89. The minimum absolute atomic E-state index is 0.00857. The number of hydrogen-bond acceptors (Lipinski definition) is 17. The maximum absolute atomic E-state index is 13.0. The topological polar surface area (TPSA) is 314 Å². The molecule has 0 aliphatic carbocycles. The average Bonchev–Trinajstić information content (AvgIpc) is 4.04. The molecule has 22 nitrogen and oxygen atoms in total. The van der Waals surface area contributed by atoms with Gasteiger partial charge in [-0.05, 0) is 71.3 Å². The molecule has 0 saturated carbocycles. The lowest BCUT2D eigenvalue weighted by Gasteiger charge is -2.22. The molecule has 8 rings (SSSR count). The number of amides is 2. The highest BCUT2D eigenvalue weighted by Crippen LogP contribution is 2.39. The van der Waals surface area contributed by atoms with Crippen molar-refractivity contribution >= 4 is 44.7 Å². The number of sulfonamides is 1. The van der Waals surface area contributed by atoms with Crippen molar-refractivity contribution in [2.24, 2.45) is 5.14 Å². The molecule has 0 bridgehead atoms. The molecular weight excluding hydrogens is 803 g/mol. The minimum atomic E-state index is -3.89. The lowest BCUT2D eigenvalue weighted by molar-refractivity contribution is -0.0384. The van der Waals surface area contributed by atoms with E-state index in [0.29, 0.717) is 36.5 Å². The zero-order valence-electron chi connectivity index (χ0n) is 31.6. The van der Waals surface area contributed by atoms with E-state index in [4.69, 9.17) is 19.8 Å². The summed E-state index contributed by atoms with van der Waals surface area (Å²) in [4.78, 5) is 30.3. The molecule has 0 radical (unpaired) electrons. The summed E-state index contributed by atoms with van der Waals surface area (Å²) in [6.45, 7) is 0.849. The van der Waals surface area contributed by atoms with E-state index in [1.807, 2.05) is 4.90 Å². The van der Waals surface area contributed by atoms with E-state index in [0.717, 1.165) is 15.9 Å². The van der Waals surface area contributed by atoms with Crippen molar-refractivity contribution < 1.29 is 43.5 Å². The van der Waals surface area contributed by atoms with Crippen LogP contribution < -0.4 is 26.0 Å². The Hall–Kier alpha value is -6.50. The van der Waals surface area contributed by atoms with Crippen molar-refractivity contribution in [3.05, 3.63) is 96.1 Å². The lowest BCUT2D eigenvalue weighted by Crippen LogP contribution is -2.40. The summed E-state index contributed by atoms with van der Waals surface area (Å²) in [6.07, 6.45) is -3.37. The molecule has 60 heavy (non-hydrogen) atoms. The number of carbonyl (C=O) groups excluding carboxylic acids is 1. The molecule has 10 N–H and O–H groups in total. The molecule has 3 aromatic heterocycles. The fourth-order valence-corrected chi connectivity index (χ4v) is 7.71. The van der Waals surface area contributed by atoms with Crippen LogP contribution in [0.5, 0.6) is 11.5 Å². The Kier molecular flexibility index (Phi) is 11.2. The second-order valence-corrected chi connectivity index (χ2v) is 15.9. The van der Waals surface area contributed by atoms with Gasteiger partial charge in [-0.15, -0.1) is 10.2 Å². The molecule has 5 atom stereocenters. The number of urea groups is 1. The van der Waals surface area contributed by atoms with E-state index in [1.54, 1.807) is 48.5 Å². The van der Waals surface area contributed by atoms with Gasteiger partial charge in [-0.2, -0.15) is 14.8 Å². The number of fused-ring (bicyclic) bond motifs is 1. The van der Waals surface area contributed by atoms with E-state index in [-0.39, 0.29) is 65.5 Å². The standard InChI is InChI=1S/C37H41N13O9S/c38-60(57,58)26-11-5-22(6-12-26)41-37(56)42-23-13-14-48(18-23)36-43-32(39-17-27(20-1-7-24(52)8-2-20)21-3-9-25(53)10-4-21)28-34(44-36)49(19-40-28)35-30(55)29(54)31(59-35)33-45-47-50(46-33)15-16-51/h1-12,19,23,27,29-31,35,51-55H,13-18H2,(H2,38,57,58)(H,39,43,44)(H2,41,42,56)/t23?,29-,30+,31-,35+/m0/s1. The number of aliphatic hydroxyl groups excluding tert-OH is 3. The van der Waals surface area contributed by atoms with E-state index in [2.05, 4.69) is 36.3 Å². The number of anilines is 3. The van der Waals surface area contributed by atoms with Gasteiger partial charge in [0.2, 0.25) is 21.8 Å². The third-order valence-corrected chi connectivity index (χ3v) is 11.2. The normalized spacial score (nSPS) is 20.6. The van der Waals surface area contributed by atoms with Crippen LogP contribution in [0.3, 0.4) is 0 Å². The molecule has 2 saturated heterocycles. The number of tetrazole rings is 1. The van der Waals surface area contributed by atoms with Gasteiger partial charge in [0.15, 0.2) is 29.3 Å². The fourth-order valence-electron chi connectivity index (χ4n) is 7.19. The number of hydrogen-bond donors (Lipinski definition) is 9. The first kappa shape index (κ1) is 40.3. The number of nitrogens with zero attached hydrogens (tertiary/aromatic N) is 9. The van der Waals surface area contributed by atoms with Crippen LogP contribution in [0.4, 0.5) is 22.2 Å². The van der Waals surface area contributed by atoms with Crippen LogP contribution in [0.15, 0.2) is 84.0 Å². The molecule has 2 aliphatic heterocycles. The van der Waals surface area contributed by atoms with Crippen LogP contribution in [0.25, 0.3) is 11.2 Å². The Morgan fingerprint density at radius 2 is 1.63 bits per heavy atom. The predicted octanol–water partition coefficient (Wildman–Crippen LogP) is 0.500. The van der Waals surface area contributed by atoms with Crippen LogP contribution in [0.2, 0.25) is 0 Å². The summed E-state index contributed by atoms with van der Waals surface area (Å²) < 4.78 is 30.9. The smallest absolute Gasteiger partial charge is 0.319 e. The first-order valence-electron chi connectivity index (χ1n) is 18.8. The van der Waals surface area contributed by atoms with Gasteiger partial charge in [-0.3, -0.25) is 4.57 Å². The largest absolute Gasteiger partial charge is 0.508 e. The zero-order valence-corrected chi connectivity index (χ0v) is 32.4. The summed E-state index contributed by atoms with van der Waals surface area (Å²) in [5.74, 6) is 0.514. The monoisotopic (exact) mass is 843 g/mol. The van der Waals surface area contributed by atoms with Gasteiger partial charge in [0, 0.05) is 37.3 Å². The van der Waals surface area contributed by atoms with Crippen molar-refractivity contribution in [1.82, 2.24) is 45.0 Å². The van der Waals surface area contributed by atoms with Crippen molar-refractivity contribution in [3.63, 3.8) is 0 Å². The molecule has 2 fully saturated rings. The molecule has 5 heterocycles. The second-order valence-electron chi connectivity index (χ2n) is 14.3. The van der Waals surface area contributed by atoms with Gasteiger partial charge in [-0.25, -0.2) is 23.3 Å². The van der Waals surface area contributed by atoms with Crippen molar-refractivity contribution in [2.75, 3.05) is 41.8 Å². The number of aliphatic hydroxyl groups is 3. The van der Waals surface area contributed by atoms with E-state index < -0.39 is 40.6 Å². The summed E-state index contributed by atoms with van der Waals surface area (Å²) in [6, 6.07) is 18.1. The number of rotatable bonds is 13. The van der Waals surface area contributed by atoms with Crippen LogP contribution in [0, 0.1) is 0 Å². The van der Waals surface area contributed by atoms with Crippen LogP contribution in [0.1, 0.15) is 41.6 Å². The number of phenolic OH excluding ortho intramolecular Hbond substituents is 2. The third-order valence-electron chi connectivity index (χ3n) is 10.3. The quantitative estimate of drug-likeness (QED) is 0.0764. The Morgan fingerprint density at radius 3 is 2.28 bits per heavy atom. The summed E-state index contributed by atoms with van der Waals surface area (Å²) in [5, 5.41) is 77.9. The molecule has 6 aromatic rings. The molecule has 314 valence electrons. The maximum atomic E-state index is 13.0. The second kappa shape index (κ2) is 16.6. The number of imidazole rings is 1. The Morgan fingerprint density at radius 1 is 0.950 bits per heavy atom. The highest BCUT2D eigenvalue weighted by Gasteiger charge is 2.47. The lowest BCUT2D eigenvalue weighted by atomic mass is 9.91. The summed E-state index contributed by atoms with van der Waals surface area (Å²) in [5.41, 5.74) is 2.65. The first-order valence-corrected chi connectivity index (χ1v) is 20.3. The van der Waals surface area contributed by atoms with Gasteiger partial charge in [-0.1, -0.05) is 24.3 Å². The zero-order chi connectivity index (χ0) is 42.1. The Bertz CT molecular complexity index is 2530. The fraction of sp³-hybridized carbons (Fsp3) is 0.324. The molecule has 23 heteroatoms. The van der Waals surface area contributed by atoms with E-state index in [9.17, 15) is 38.7 Å². The number of phenols is 2. The van der Waals surface area contributed by atoms with Crippen molar-refractivity contribution in [1.29, 1.82) is 0 Å². The highest BCUT2D eigenvalue weighted by molar-refractivity contribution is 7.89. The van der Waals surface area contributed by atoms with Gasteiger partial charge >= 0.3 is 6.03 Å². The average molecular weight is 844 g/mol. The van der Waals surface area contributed by atoms with Gasteiger partial charge in [0.05, 0.1) is 24.4 Å². The Balaban J connectivity index is 1.08. The molecular formula is C37H41N13O9S. The number of carbonyl (C=O) groups is 1. The first-order chi connectivity index (χ1) is 28.8. The molecule has 2 amide bonds. The van der Waals surface area contributed by atoms with Gasteiger partial charge in [0.25, 0.3) is 0 Å². The van der Waals surface area contributed by atoms with Crippen LogP contribution in [-0.2, 0) is 21.3 Å². The van der Waals surface area contributed by atoms with Gasteiger partial charge < -0.3 is 51.1 Å². The maximum Gasteiger partial charge on any atom is 0.319 e. The number of nitrogens with two attached hydrogens (primary N) is 1. The van der Waals surface area contributed by atoms with E-state index >= 15 is 0 Å². The molecule has 3 aromatic carbocycles. The number of aromatic nitrogens is 8. The van der Waals surface area contributed by atoms with Crippen LogP contribution >= 0.6 is 0 Å². The molecule has 1 unspecified atom stereocenters. The minimum Gasteiger partial charge on any atom is -0.508 e. The highest BCUT2D eigenvalue weighted by atomic mass is 32.2. The number of aromatic hydroxyl groups is 2. The number of benzene rings is 3. The Labute approximate surface area is 341 Å². The summed E-state index contributed by atoms with van der Waals surface area (Å²) >= 11 is 0. The molecule has 2 aliphatic rings. The van der Waals surface area contributed by atoms with Crippen molar-refractivity contribution in [2.45, 2.75) is 54.4 Å². The van der Waals surface area contributed by atoms with Crippen molar-refractivity contribution in [3.8, 4) is 11.5 Å². The predicted molar refractivity (Wildman–Crippen MR) is 212 cm³/mol. The number of nitrogens with one attached hydrogen (secondary N) is 3. The third kappa shape index (κ3) is 8.47. The molecule has 0 spiro atoms. The SMILES string of the molecule is NS(=O)(=O)c1ccc(NC(=O)NC2CCN(c3nc(NCC(c4ccc(O)cc4)c4ccc(O)cc4)c4ncn([C@@H]5O[C@H](c6nnn(CCO)n6)[C@@H](O)[C@H]5O)c4n3)C2)cc1. The number of primary sulfonamides is 1. The van der Waals surface area contributed by atoms with Gasteiger partial charge in [0.1, 0.15) is 23.7 Å². The number of ether oxygens (including phenoxy) is 1. The van der Waals surface area contributed by atoms with Crippen LogP contribution in [-0.4, -0.2) is 124 Å².